The average molecular weight is 1020 g/mol. The molecule has 14 aromatic carbocycles. The molecule has 14 aromatic rings. The van der Waals surface area contributed by atoms with Gasteiger partial charge in [-0.25, -0.2) is 0 Å². The number of fused-ring (bicyclic) bond motifs is 2. The first-order chi connectivity index (χ1) is 45.8. The highest BCUT2D eigenvalue weighted by molar-refractivity contribution is 6.28. The molecule has 0 spiro atoms. The van der Waals surface area contributed by atoms with E-state index in [2.05, 4.69) is 147 Å². The molecule has 370 valence electrons. The summed E-state index contributed by atoms with van der Waals surface area (Å²) in [6, 6.07) is 42.3. The summed E-state index contributed by atoms with van der Waals surface area (Å²) in [5.41, 5.74) is 8.03. The zero-order valence-corrected chi connectivity index (χ0v) is 42.9. The second-order valence-corrected chi connectivity index (χ2v) is 19.8. The molecule has 0 aliphatic heterocycles. The van der Waals surface area contributed by atoms with Crippen molar-refractivity contribution in [2.24, 2.45) is 0 Å². The molecule has 0 fully saturated rings. The van der Waals surface area contributed by atoms with Crippen LogP contribution in [0.3, 0.4) is 0 Å². The van der Waals surface area contributed by atoms with Crippen molar-refractivity contribution in [2.75, 3.05) is 9.80 Å². The normalized spacial score (nSPS) is 14.8. The molecule has 0 aliphatic rings. The number of rotatable bonds is 10. The molecule has 0 atom stereocenters. The molecule has 0 N–H and O–H groups in total. The molecule has 0 unspecified atom stereocenters. The lowest BCUT2D eigenvalue weighted by atomic mass is 9.91. The van der Waals surface area contributed by atoms with Crippen LogP contribution < -0.4 is 9.80 Å². The number of benzene rings is 14. The van der Waals surface area contributed by atoms with E-state index in [1.165, 1.54) is 0 Å². The molecule has 0 aromatic heterocycles. The lowest BCUT2D eigenvalue weighted by molar-refractivity contribution is 1.28. The van der Waals surface area contributed by atoms with Crippen molar-refractivity contribution in [3.05, 3.63) is 289 Å². The second-order valence-electron chi connectivity index (χ2n) is 19.8. The van der Waals surface area contributed by atoms with Gasteiger partial charge in [0.25, 0.3) is 0 Å². The van der Waals surface area contributed by atoms with Crippen LogP contribution in [0.2, 0.25) is 0 Å². The van der Waals surface area contributed by atoms with Crippen LogP contribution in [0.15, 0.2) is 266 Å². The van der Waals surface area contributed by atoms with Gasteiger partial charge < -0.3 is 9.80 Å². The maximum absolute atomic E-state index is 9.30. The van der Waals surface area contributed by atoms with Gasteiger partial charge in [-0.1, -0.05) is 229 Å². The molecule has 0 aliphatic carbocycles. The van der Waals surface area contributed by atoms with Crippen LogP contribution in [-0.2, 0) is 0 Å². The minimum atomic E-state index is -0.652. The number of anilines is 6. The van der Waals surface area contributed by atoms with E-state index in [1.807, 2.05) is 24.3 Å². The Bertz CT molecular complexity index is 5220. The number of nitrogens with zero attached hydrogens (tertiary/aromatic N) is 2. The maximum atomic E-state index is 9.30. The number of hydrogen-bond donors (Lipinski definition) is 0. The van der Waals surface area contributed by atoms with Gasteiger partial charge in [0.1, 0.15) is 0 Å². The highest BCUT2D eigenvalue weighted by Crippen LogP contribution is 2.51. The van der Waals surface area contributed by atoms with Gasteiger partial charge in [0.2, 0.25) is 0 Å². The van der Waals surface area contributed by atoms with Crippen LogP contribution in [0.1, 0.15) is 46.9 Å². The van der Waals surface area contributed by atoms with Crippen LogP contribution >= 0.6 is 0 Å². The van der Waals surface area contributed by atoms with Crippen molar-refractivity contribution in [3.8, 4) is 44.5 Å². The molecular weight excluding hydrogens is 941 g/mol. The largest absolute Gasteiger partial charge is 0.309 e. The molecule has 0 heterocycles. The molecule has 0 amide bonds. The van der Waals surface area contributed by atoms with Gasteiger partial charge in [-0.2, -0.15) is 0 Å². The number of hydrogen-bond acceptors (Lipinski definition) is 2. The highest BCUT2D eigenvalue weighted by Gasteiger charge is 2.25. The molecule has 0 saturated carbocycles. The zero-order valence-electron chi connectivity index (χ0n) is 60.9. The smallest absolute Gasteiger partial charge is 0.0629 e. The molecule has 14 rings (SSSR count). The van der Waals surface area contributed by atoms with Crippen molar-refractivity contribution in [1.82, 2.24) is 0 Å². The first-order valence-corrected chi connectivity index (χ1v) is 25.7. The van der Waals surface area contributed by atoms with Crippen LogP contribution in [0.5, 0.6) is 0 Å². The van der Waals surface area contributed by atoms with E-state index in [9.17, 15) is 11.0 Å². The third-order valence-electron chi connectivity index (χ3n) is 14.8. The Labute approximate surface area is 482 Å². The van der Waals surface area contributed by atoms with Gasteiger partial charge in [0.15, 0.2) is 0 Å². The fourth-order valence-corrected chi connectivity index (χ4v) is 11.1. The monoisotopic (exact) mass is 1010 g/mol. The Morgan fingerprint density at radius 2 is 0.590 bits per heavy atom. The molecule has 0 bridgehead atoms. The Morgan fingerprint density at radius 3 is 0.974 bits per heavy atom. The lowest BCUT2D eigenvalue weighted by Crippen LogP contribution is -2.13. The van der Waals surface area contributed by atoms with Crippen molar-refractivity contribution in [1.29, 1.82) is 0 Å². The van der Waals surface area contributed by atoms with E-state index in [4.69, 9.17) is 13.7 Å². The van der Waals surface area contributed by atoms with Crippen molar-refractivity contribution in [2.45, 2.75) is 27.7 Å². The summed E-state index contributed by atoms with van der Waals surface area (Å²) in [5, 5.41) is 9.75. The first-order valence-electron chi connectivity index (χ1n) is 34.7. The third kappa shape index (κ3) is 8.13. The van der Waals surface area contributed by atoms with Gasteiger partial charge in [-0.3, -0.25) is 0 Å². The van der Waals surface area contributed by atoms with E-state index in [0.717, 1.165) is 98.9 Å². The Hall–Kier alpha value is -9.76. The standard InChI is InChI=1S/C76H56N2/c1-49-15-19-61-21-17-51(3)75(69(61)47-49)77(65-39-31-59(32-40-65)57-27-23-55(24-28-57)53-11-7-5-8-12-53)71-45-37-63-36-44-68-72(46-38-64-35-43-67(71)73(63)74(64)68)78(76-52(4)18-22-62-20-16-50(2)48-70(62)76)66-41-33-60(34-42-66)58-29-25-56(26-30-58)54-13-9-6-10-14-54/h5-48H,1-4H3/i5D,6D,7D,8D,9D,10D,11D,12D,13D,14D,23D,24D,25D,26D,27D,28D,29D,30D. The van der Waals surface area contributed by atoms with Crippen LogP contribution in [0.25, 0.3) is 98.4 Å². The summed E-state index contributed by atoms with van der Waals surface area (Å²) in [7, 11) is 0. The van der Waals surface area contributed by atoms with Gasteiger partial charge >= 0.3 is 0 Å². The van der Waals surface area contributed by atoms with Crippen LogP contribution in [0.4, 0.5) is 34.1 Å². The molecule has 78 heavy (non-hydrogen) atoms. The predicted molar refractivity (Wildman–Crippen MR) is 335 cm³/mol. The summed E-state index contributed by atoms with van der Waals surface area (Å²) in [6.45, 7) is 8.25. The van der Waals surface area contributed by atoms with Gasteiger partial charge in [-0.15, -0.1) is 0 Å². The molecular formula is C76H56N2. The Kier molecular flexibility index (Phi) is 7.68. The van der Waals surface area contributed by atoms with Crippen LogP contribution in [-0.4, -0.2) is 0 Å². The Morgan fingerprint density at radius 1 is 0.269 bits per heavy atom. The van der Waals surface area contributed by atoms with Crippen molar-refractivity contribution in [3.63, 3.8) is 0 Å². The zero-order chi connectivity index (χ0) is 68.1. The minimum Gasteiger partial charge on any atom is -0.309 e. The molecule has 0 radical (unpaired) electrons. The SMILES string of the molecule is [2H]c1c([2H])c([2H])c(-c2c([2H])c([2H])c(-c3ccc(N(c4c(C)ccc5ccc(C)cc45)c4ccc5ccc6c(N(c7ccc(-c8c([2H])c([2H])c(-c9c([2H])c([2H])c([2H])c([2H])c9[2H])c([2H])c8[2H])cc7)c7c(C)ccc8ccc(C)cc78)ccc7ccc4c5c76)cc3)c([2H])c2[2H])c([2H])c1[2H]. The van der Waals surface area contributed by atoms with Gasteiger partial charge in [0.05, 0.1) is 47.4 Å². The molecule has 2 nitrogen and oxygen atoms in total. The van der Waals surface area contributed by atoms with E-state index < -0.39 is 120 Å². The summed E-state index contributed by atoms with van der Waals surface area (Å²) >= 11 is 0. The first kappa shape index (κ1) is 31.3. The quantitative estimate of drug-likeness (QED) is 0.126. The average Bonchev–Trinajstić information content (AvgIpc) is 0.705. The van der Waals surface area contributed by atoms with E-state index in [-0.39, 0.29) is 22.3 Å². The summed E-state index contributed by atoms with van der Waals surface area (Å²) in [4.78, 5) is 4.45. The summed E-state index contributed by atoms with van der Waals surface area (Å²) < 4.78 is 158. The second kappa shape index (κ2) is 19.1. The predicted octanol–water partition coefficient (Wildman–Crippen LogP) is 21.7. The number of aryl methyl sites for hydroxylation is 4. The van der Waals surface area contributed by atoms with Crippen molar-refractivity contribution >= 4 is 88.0 Å². The van der Waals surface area contributed by atoms with Crippen LogP contribution in [0, 0.1) is 27.7 Å². The van der Waals surface area contributed by atoms with Crippen molar-refractivity contribution < 1.29 is 24.7 Å². The van der Waals surface area contributed by atoms with E-state index in [0.29, 0.717) is 22.5 Å². The topological polar surface area (TPSA) is 6.48 Å². The fourth-order valence-electron chi connectivity index (χ4n) is 11.1. The minimum absolute atomic E-state index is 0.0225. The van der Waals surface area contributed by atoms with Gasteiger partial charge in [0, 0.05) is 32.9 Å². The Balaban J connectivity index is 0.953. The van der Waals surface area contributed by atoms with Gasteiger partial charge in [-0.05, 0) is 164 Å². The summed E-state index contributed by atoms with van der Waals surface area (Å²) in [6.07, 6.45) is 0. The lowest BCUT2D eigenvalue weighted by Gasteiger charge is -2.32. The maximum Gasteiger partial charge on any atom is 0.0629 e. The van der Waals surface area contributed by atoms with E-state index >= 15 is 0 Å². The highest BCUT2D eigenvalue weighted by atomic mass is 15.2. The molecule has 0 saturated heterocycles. The van der Waals surface area contributed by atoms with E-state index in [1.54, 1.807) is 24.3 Å². The third-order valence-corrected chi connectivity index (χ3v) is 14.8. The molecule has 2 heteroatoms. The summed E-state index contributed by atoms with van der Waals surface area (Å²) in [5.74, 6) is 0. The fraction of sp³-hybridized carbons (Fsp3) is 0.0526.